The van der Waals surface area contributed by atoms with Gasteiger partial charge in [-0.15, -0.1) is 0 Å². The van der Waals surface area contributed by atoms with Crippen LogP contribution in [0.4, 0.5) is 0 Å². The molecule has 4 nitrogen and oxygen atoms in total. The van der Waals surface area contributed by atoms with Gasteiger partial charge in [-0.05, 0) is 30.4 Å². The van der Waals surface area contributed by atoms with E-state index in [1.807, 2.05) is 29.2 Å². The fourth-order valence-corrected chi connectivity index (χ4v) is 3.74. The molecule has 2 heterocycles. The van der Waals surface area contributed by atoms with Crippen molar-refractivity contribution in [2.24, 2.45) is 11.8 Å². The molecule has 112 valence electrons. The standard InChI is InChI=1S/C16H20N2O2S/c1-11-7-12(2)9-18(8-11)15(19)10-21-16-17-13-5-3-4-6-14(13)20-16/h3-6,11-12H,7-10H2,1-2H3/t11-,12+. The topological polar surface area (TPSA) is 46.3 Å². The molecule has 0 unspecified atom stereocenters. The number of hydrogen-bond acceptors (Lipinski definition) is 4. The zero-order chi connectivity index (χ0) is 14.8. The van der Waals surface area contributed by atoms with Gasteiger partial charge in [0.2, 0.25) is 5.91 Å². The highest BCUT2D eigenvalue weighted by Crippen LogP contribution is 2.25. The molecular formula is C16H20N2O2S. The van der Waals surface area contributed by atoms with Gasteiger partial charge in [-0.25, -0.2) is 4.98 Å². The number of amides is 1. The molecule has 0 bridgehead atoms. The maximum absolute atomic E-state index is 12.3. The number of nitrogens with zero attached hydrogens (tertiary/aromatic N) is 2. The van der Waals surface area contributed by atoms with E-state index in [1.54, 1.807) is 0 Å². The second kappa shape index (κ2) is 6.10. The number of aromatic nitrogens is 1. The Bertz CT molecular complexity index is 597. The lowest BCUT2D eigenvalue weighted by Gasteiger charge is -2.34. The normalized spacial score (nSPS) is 22.7. The molecule has 0 spiro atoms. The van der Waals surface area contributed by atoms with Crippen molar-refractivity contribution in [3.8, 4) is 0 Å². The summed E-state index contributed by atoms with van der Waals surface area (Å²) in [6.07, 6.45) is 1.21. The number of hydrogen-bond donors (Lipinski definition) is 0. The van der Waals surface area contributed by atoms with E-state index in [0.717, 1.165) is 24.2 Å². The van der Waals surface area contributed by atoms with Crippen LogP contribution in [0.3, 0.4) is 0 Å². The van der Waals surface area contributed by atoms with E-state index in [1.165, 1.54) is 18.2 Å². The Morgan fingerprint density at radius 2 is 2.05 bits per heavy atom. The summed E-state index contributed by atoms with van der Waals surface area (Å²) in [5.74, 6) is 1.76. The van der Waals surface area contributed by atoms with Crippen LogP contribution in [0.25, 0.3) is 11.1 Å². The number of para-hydroxylation sites is 2. The molecule has 1 aliphatic heterocycles. The van der Waals surface area contributed by atoms with E-state index in [4.69, 9.17) is 4.42 Å². The van der Waals surface area contributed by atoms with Crippen molar-refractivity contribution in [3.63, 3.8) is 0 Å². The predicted octanol–water partition coefficient (Wildman–Crippen LogP) is 3.42. The number of likely N-dealkylation sites (tertiary alicyclic amines) is 1. The van der Waals surface area contributed by atoms with Gasteiger partial charge in [0.15, 0.2) is 5.58 Å². The SMILES string of the molecule is C[C@@H]1C[C@H](C)CN(C(=O)CSc2nc3ccccc3o2)C1. The molecule has 0 N–H and O–H groups in total. The summed E-state index contributed by atoms with van der Waals surface area (Å²) in [6, 6.07) is 7.66. The van der Waals surface area contributed by atoms with Gasteiger partial charge in [-0.1, -0.05) is 37.7 Å². The lowest BCUT2D eigenvalue weighted by Crippen LogP contribution is -2.43. The molecule has 0 aliphatic carbocycles. The first-order chi connectivity index (χ1) is 10.1. The number of thioether (sulfide) groups is 1. The highest BCUT2D eigenvalue weighted by molar-refractivity contribution is 7.99. The summed E-state index contributed by atoms with van der Waals surface area (Å²) in [5.41, 5.74) is 1.61. The molecule has 5 heteroatoms. The first-order valence-electron chi connectivity index (χ1n) is 7.38. The molecule has 1 aromatic heterocycles. The molecular weight excluding hydrogens is 284 g/mol. The molecule has 1 fully saturated rings. The quantitative estimate of drug-likeness (QED) is 0.815. The minimum Gasteiger partial charge on any atom is -0.431 e. The second-order valence-corrected chi connectivity index (χ2v) is 6.91. The number of piperidine rings is 1. The molecule has 1 amide bonds. The van der Waals surface area contributed by atoms with Crippen molar-refractivity contribution in [3.05, 3.63) is 24.3 Å². The van der Waals surface area contributed by atoms with Crippen LogP contribution in [0.15, 0.2) is 33.9 Å². The summed E-state index contributed by atoms with van der Waals surface area (Å²) >= 11 is 1.38. The van der Waals surface area contributed by atoms with E-state index in [2.05, 4.69) is 18.8 Å². The van der Waals surface area contributed by atoms with Crippen LogP contribution < -0.4 is 0 Å². The van der Waals surface area contributed by atoms with Gasteiger partial charge in [-0.2, -0.15) is 0 Å². The number of carbonyl (C=O) groups excluding carboxylic acids is 1. The van der Waals surface area contributed by atoms with Crippen molar-refractivity contribution in [1.82, 2.24) is 9.88 Å². The minimum atomic E-state index is 0.181. The van der Waals surface area contributed by atoms with Crippen LogP contribution >= 0.6 is 11.8 Å². The van der Waals surface area contributed by atoms with Crippen LogP contribution in [0.5, 0.6) is 0 Å². The zero-order valence-corrected chi connectivity index (χ0v) is 13.2. The molecule has 1 aromatic carbocycles. The minimum absolute atomic E-state index is 0.181. The summed E-state index contributed by atoms with van der Waals surface area (Å²) in [4.78, 5) is 18.7. The number of benzene rings is 1. The highest BCUT2D eigenvalue weighted by atomic mass is 32.2. The van der Waals surface area contributed by atoms with E-state index in [9.17, 15) is 4.79 Å². The molecule has 2 aromatic rings. The number of carbonyl (C=O) groups is 1. The average molecular weight is 304 g/mol. The van der Waals surface area contributed by atoms with Gasteiger partial charge < -0.3 is 9.32 Å². The fourth-order valence-electron chi connectivity index (χ4n) is 2.99. The Morgan fingerprint density at radius 3 is 2.76 bits per heavy atom. The third kappa shape index (κ3) is 3.40. The van der Waals surface area contributed by atoms with Crippen LogP contribution in [0.1, 0.15) is 20.3 Å². The van der Waals surface area contributed by atoms with Crippen LogP contribution in [0, 0.1) is 11.8 Å². The monoisotopic (exact) mass is 304 g/mol. The van der Waals surface area contributed by atoms with Crippen LogP contribution in [-0.4, -0.2) is 34.6 Å². The van der Waals surface area contributed by atoms with Crippen molar-refractivity contribution >= 4 is 28.8 Å². The molecule has 1 saturated heterocycles. The van der Waals surface area contributed by atoms with Gasteiger partial charge in [0.05, 0.1) is 5.75 Å². The Balaban J connectivity index is 1.60. The first kappa shape index (κ1) is 14.4. The molecule has 21 heavy (non-hydrogen) atoms. The lowest BCUT2D eigenvalue weighted by atomic mass is 9.92. The summed E-state index contributed by atoms with van der Waals surface area (Å²) in [7, 11) is 0. The fraction of sp³-hybridized carbons (Fsp3) is 0.500. The van der Waals surface area contributed by atoms with Gasteiger partial charge in [0, 0.05) is 13.1 Å². The Morgan fingerprint density at radius 1 is 1.33 bits per heavy atom. The summed E-state index contributed by atoms with van der Waals surface area (Å²) in [5, 5.41) is 0.572. The molecule has 0 saturated carbocycles. The van der Waals surface area contributed by atoms with Gasteiger partial charge in [0.1, 0.15) is 5.52 Å². The van der Waals surface area contributed by atoms with E-state index in [-0.39, 0.29) is 5.91 Å². The highest BCUT2D eigenvalue weighted by Gasteiger charge is 2.25. The van der Waals surface area contributed by atoms with E-state index >= 15 is 0 Å². The molecule has 1 aliphatic rings. The van der Waals surface area contributed by atoms with Crippen LogP contribution in [0.2, 0.25) is 0 Å². The molecule has 3 rings (SSSR count). The van der Waals surface area contributed by atoms with Crippen LogP contribution in [-0.2, 0) is 4.79 Å². The van der Waals surface area contributed by atoms with E-state index in [0.29, 0.717) is 22.8 Å². The zero-order valence-electron chi connectivity index (χ0n) is 12.4. The van der Waals surface area contributed by atoms with Crippen molar-refractivity contribution in [1.29, 1.82) is 0 Å². The Labute approximate surface area is 128 Å². The number of oxazole rings is 1. The Hall–Kier alpha value is -1.49. The maximum atomic E-state index is 12.3. The smallest absolute Gasteiger partial charge is 0.257 e. The van der Waals surface area contributed by atoms with Gasteiger partial charge >= 0.3 is 0 Å². The van der Waals surface area contributed by atoms with Crippen molar-refractivity contribution in [2.75, 3.05) is 18.8 Å². The first-order valence-corrected chi connectivity index (χ1v) is 8.36. The summed E-state index contributed by atoms with van der Waals surface area (Å²) < 4.78 is 5.63. The van der Waals surface area contributed by atoms with Gasteiger partial charge in [0.25, 0.3) is 5.22 Å². The Kier molecular flexibility index (Phi) is 4.19. The number of fused-ring (bicyclic) bond motifs is 1. The third-order valence-electron chi connectivity index (χ3n) is 3.81. The van der Waals surface area contributed by atoms with Crippen molar-refractivity contribution in [2.45, 2.75) is 25.5 Å². The second-order valence-electron chi connectivity index (χ2n) is 5.98. The lowest BCUT2D eigenvalue weighted by molar-refractivity contribution is -0.130. The third-order valence-corrected chi connectivity index (χ3v) is 4.63. The van der Waals surface area contributed by atoms with Gasteiger partial charge in [-0.3, -0.25) is 4.79 Å². The largest absolute Gasteiger partial charge is 0.431 e. The predicted molar refractivity (Wildman–Crippen MR) is 84.3 cm³/mol. The summed E-state index contributed by atoms with van der Waals surface area (Å²) in [6.45, 7) is 6.17. The van der Waals surface area contributed by atoms with Crippen molar-refractivity contribution < 1.29 is 9.21 Å². The average Bonchev–Trinajstić information content (AvgIpc) is 2.86. The maximum Gasteiger partial charge on any atom is 0.257 e. The molecule has 0 radical (unpaired) electrons. The number of rotatable bonds is 3. The van der Waals surface area contributed by atoms with E-state index < -0.39 is 0 Å². The molecule has 2 atom stereocenters.